The number of benzene rings is 2. The number of carbonyl (C=O) groups excluding carboxylic acids is 3. The summed E-state index contributed by atoms with van der Waals surface area (Å²) in [6.45, 7) is 12.3. The summed E-state index contributed by atoms with van der Waals surface area (Å²) in [7, 11) is 0. The maximum Gasteiger partial charge on any atom is 0.327 e. The average molecular weight is 535 g/mol. The minimum absolute atomic E-state index is 0.00934. The maximum atomic E-state index is 13.5. The molecule has 2 aromatic rings. The number of likely N-dealkylation sites (tertiary alicyclic amines) is 1. The molecule has 3 unspecified atom stereocenters. The van der Waals surface area contributed by atoms with E-state index in [4.69, 9.17) is 4.74 Å². The summed E-state index contributed by atoms with van der Waals surface area (Å²) in [6, 6.07) is 14.6. The molecular weight excluding hydrogens is 492 g/mol. The minimum atomic E-state index is -0.772. The third-order valence-electron chi connectivity index (χ3n) is 8.30. The van der Waals surface area contributed by atoms with E-state index in [1.165, 1.54) is 4.90 Å². The van der Waals surface area contributed by atoms with E-state index in [2.05, 4.69) is 17.6 Å². The Morgan fingerprint density at radius 2 is 1.74 bits per heavy atom. The monoisotopic (exact) mass is 534 g/mol. The number of ether oxygens (including phenoxy) is 1. The van der Waals surface area contributed by atoms with Gasteiger partial charge in [0.25, 0.3) is 5.91 Å². The van der Waals surface area contributed by atoms with E-state index in [1.54, 1.807) is 24.3 Å². The lowest BCUT2D eigenvalue weighted by atomic mass is 9.72. The normalized spacial score (nSPS) is 21.2. The number of aryl methyl sites for hydroxylation is 1. The highest BCUT2D eigenvalue weighted by Crippen LogP contribution is 2.46. The second-order valence-electron chi connectivity index (χ2n) is 10.8. The lowest BCUT2D eigenvalue weighted by Crippen LogP contribution is -2.73. The first-order chi connectivity index (χ1) is 18.7. The third-order valence-corrected chi connectivity index (χ3v) is 8.30. The van der Waals surface area contributed by atoms with Gasteiger partial charge in [-0.2, -0.15) is 0 Å². The summed E-state index contributed by atoms with van der Waals surface area (Å²) < 4.78 is 6.33. The predicted molar refractivity (Wildman–Crippen MR) is 151 cm³/mol. The molecule has 0 aliphatic carbocycles. The number of rotatable bonds is 9. The quantitative estimate of drug-likeness (QED) is 0.440. The van der Waals surface area contributed by atoms with Gasteiger partial charge in [-0.05, 0) is 62.9 Å². The standard InChI is InChI=1S/C31H42N4O4/c1-6-9-26(23-12-10-21(4)11-13-23)33-30(38)35-28(37)31(7-2,8-3)29(35)39-25-16-14-24(15-17-25)27(36)34-19-18-32-20-22(34)5/h10-17,22,26,29,32H,6-9,18-20H2,1-5H3,(H,33,38). The Morgan fingerprint density at radius 1 is 1.08 bits per heavy atom. The molecule has 8 heteroatoms. The molecule has 4 rings (SSSR count). The van der Waals surface area contributed by atoms with Crippen LogP contribution in [0.2, 0.25) is 0 Å². The summed E-state index contributed by atoms with van der Waals surface area (Å²) in [6.07, 6.45) is 2.04. The second-order valence-corrected chi connectivity index (χ2v) is 10.8. The summed E-state index contributed by atoms with van der Waals surface area (Å²) in [4.78, 5) is 43.0. The first-order valence-corrected chi connectivity index (χ1v) is 14.2. The Kier molecular flexibility index (Phi) is 8.95. The summed E-state index contributed by atoms with van der Waals surface area (Å²) in [5, 5.41) is 6.38. The van der Waals surface area contributed by atoms with Gasteiger partial charge in [0.2, 0.25) is 5.91 Å². The summed E-state index contributed by atoms with van der Waals surface area (Å²) in [5.41, 5.74) is 1.98. The van der Waals surface area contributed by atoms with Crippen molar-refractivity contribution in [3.05, 3.63) is 65.2 Å². The van der Waals surface area contributed by atoms with Crippen LogP contribution in [0.3, 0.4) is 0 Å². The lowest BCUT2D eigenvalue weighted by molar-refractivity contribution is -0.191. The Balaban J connectivity index is 1.51. The van der Waals surface area contributed by atoms with Crippen molar-refractivity contribution in [3.63, 3.8) is 0 Å². The highest BCUT2D eigenvalue weighted by atomic mass is 16.5. The predicted octanol–water partition coefficient (Wildman–Crippen LogP) is 5.03. The molecule has 3 atom stereocenters. The number of β-lactam (4-membered cyclic amide) rings is 1. The molecule has 2 fully saturated rings. The molecule has 0 spiro atoms. The van der Waals surface area contributed by atoms with Crippen LogP contribution in [0.25, 0.3) is 0 Å². The zero-order valence-electron chi connectivity index (χ0n) is 23.8. The number of carbonyl (C=O) groups is 3. The molecular formula is C31H42N4O4. The smallest absolute Gasteiger partial charge is 0.327 e. The number of nitrogens with one attached hydrogen (secondary N) is 2. The van der Waals surface area contributed by atoms with E-state index in [-0.39, 0.29) is 23.9 Å². The van der Waals surface area contributed by atoms with Crippen LogP contribution in [-0.2, 0) is 4.79 Å². The van der Waals surface area contributed by atoms with Gasteiger partial charge in [0.1, 0.15) is 11.2 Å². The number of amides is 4. The first kappa shape index (κ1) is 28.6. The Labute approximate surface area is 232 Å². The van der Waals surface area contributed by atoms with Crippen LogP contribution in [0.5, 0.6) is 5.75 Å². The van der Waals surface area contributed by atoms with Gasteiger partial charge in [-0.15, -0.1) is 0 Å². The van der Waals surface area contributed by atoms with E-state index >= 15 is 0 Å². The molecule has 0 radical (unpaired) electrons. The Hall–Kier alpha value is -3.39. The largest absolute Gasteiger partial charge is 0.469 e. The molecule has 210 valence electrons. The molecule has 2 N–H and O–H groups in total. The van der Waals surface area contributed by atoms with E-state index in [0.717, 1.165) is 37.1 Å². The van der Waals surface area contributed by atoms with Crippen LogP contribution >= 0.6 is 0 Å². The van der Waals surface area contributed by atoms with Crippen molar-refractivity contribution in [1.82, 2.24) is 20.4 Å². The molecule has 2 aromatic carbocycles. The Morgan fingerprint density at radius 3 is 2.33 bits per heavy atom. The highest BCUT2D eigenvalue weighted by Gasteiger charge is 2.63. The fraction of sp³-hybridized carbons (Fsp3) is 0.516. The van der Waals surface area contributed by atoms with Crippen LogP contribution in [-0.4, -0.2) is 59.5 Å². The van der Waals surface area contributed by atoms with Crippen LogP contribution in [0, 0.1) is 12.3 Å². The van der Waals surface area contributed by atoms with Crippen molar-refractivity contribution in [3.8, 4) is 5.75 Å². The molecule has 39 heavy (non-hydrogen) atoms. The average Bonchev–Trinajstić information content (AvgIpc) is 2.94. The zero-order chi connectivity index (χ0) is 28.2. The van der Waals surface area contributed by atoms with Crippen molar-refractivity contribution >= 4 is 17.8 Å². The van der Waals surface area contributed by atoms with Crippen molar-refractivity contribution in [2.45, 2.75) is 78.6 Å². The lowest BCUT2D eigenvalue weighted by Gasteiger charge is -2.53. The van der Waals surface area contributed by atoms with Crippen molar-refractivity contribution in [2.24, 2.45) is 5.41 Å². The van der Waals surface area contributed by atoms with Gasteiger partial charge in [-0.1, -0.05) is 57.0 Å². The van der Waals surface area contributed by atoms with Crippen molar-refractivity contribution in [2.75, 3.05) is 19.6 Å². The van der Waals surface area contributed by atoms with Crippen LogP contribution < -0.4 is 15.4 Å². The van der Waals surface area contributed by atoms with Crippen molar-refractivity contribution in [1.29, 1.82) is 0 Å². The highest BCUT2D eigenvalue weighted by molar-refractivity contribution is 6.03. The van der Waals surface area contributed by atoms with Gasteiger partial charge in [-0.3, -0.25) is 9.59 Å². The minimum Gasteiger partial charge on any atom is -0.469 e. The molecule has 2 saturated heterocycles. The Bertz CT molecular complexity index is 1160. The molecule has 2 aliphatic heterocycles. The molecule has 0 bridgehead atoms. The zero-order valence-corrected chi connectivity index (χ0v) is 23.8. The number of nitrogens with zero attached hydrogens (tertiary/aromatic N) is 2. The molecule has 2 aliphatic rings. The van der Waals surface area contributed by atoms with Gasteiger partial charge in [0.05, 0.1) is 6.04 Å². The van der Waals surface area contributed by atoms with Crippen LogP contribution in [0.4, 0.5) is 4.79 Å². The van der Waals surface area contributed by atoms with Gasteiger partial charge >= 0.3 is 6.03 Å². The van der Waals surface area contributed by atoms with Gasteiger partial charge in [-0.25, -0.2) is 9.69 Å². The molecule has 2 heterocycles. The number of urea groups is 1. The third kappa shape index (κ3) is 5.66. The van der Waals surface area contributed by atoms with Gasteiger partial charge in [0.15, 0.2) is 6.23 Å². The summed E-state index contributed by atoms with van der Waals surface area (Å²) in [5.74, 6) is 0.295. The van der Waals surface area contributed by atoms with E-state index < -0.39 is 17.7 Å². The topological polar surface area (TPSA) is 91.0 Å². The summed E-state index contributed by atoms with van der Waals surface area (Å²) >= 11 is 0. The molecule has 8 nitrogen and oxygen atoms in total. The van der Waals surface area contributed by atoms with E-state index in [1.807, 2.05) is 56.9 Å². The first-order valence-electron chi connectivity index (χ1n) is 14.2. The van der Waals surface area contributed by atoms with E-state index in [0.29, 0.717) is 30.7 Å². The number of piperazine rings is 1. The molecule has 0 saturated carbocycles. The molecule has 4 amide bonds. The van der Waals surface area contributed by atoms with Gasteiger partial charge < -0.3 is 20.3 Å². The number of imide groups is 1. The van der Waals surface area contributed by atoms with E-state index in [9.17, 15) is 14.4 Å². The number of hydrogen-bond donors (Lipinski definition) is 2. The van der Waals surface area contributed by atoms with Crippen molar-refractivity contribution < 1.29 is 19.1 Å². The maximum absolute atomic E-state index is 13.5. The second kappa shape index (κ2) is 12.2. The van der Waals surface area contributed by atoms with Crippen LogP contribution in [0.1, 0.15) is 80.9 Å². The number of hydrogen-bond acceptors (Lipinski definition) is 5. The molecule has 0 aromatic heterocycles. The fourth-order valence-corrected chi connectivity index (χ4v) is 5.64. The van der Waals surface area contributed by atoms with Gasteiger partial charge in [0, 0.05) is 31.2 Å². The SMILES string of the molecule is CCCC(NC(=O)N1C(=O)C(CC)(CC)C1Oc1ccc(C(=O)N2CCNCC2C)cc1)c1ccc(C)cc1. The fourth-order valence-electron chi connectivity index (χ4n) is 5.64. The van der Waals surface area contributed by atoms with Crippen LogP contribution in [0.15, 0.2) is 48.5 Å².